The van der Waals surface area contributed by atoms with E-state index in [2.05, 4.69) is 33.8 Å². The zero-order chi connectivity index (χ0) is 35.5. The van der Waals surface area contributed by atoms with Crippen LogP contribution < -0.4 is 0 Å². The molecule has 0 radical (unpaired) electrons. The monoisotopic (exact) mass is 708 g/mol. The predicted octanol–water partition coefficient (Wildman–Crippen LogP) is 2.00. The lowest BCUT2D eigenvalue weighted by Gasteiger charge is -2.60. The lowest BCUT2D eigenvalue weighted by atomic mass is 9.46. The normalized spacial score (nSPS) is 59.3. The zero-order valence-electron chi connectivity index (χ0n) is 30.2. The molecule has 0 aromatic rings. The predicted molar refractivity (Wildman–Crippen MR) is 177 cm³/mol. The summed E-state index contributed by atoms with van der Waals surface area (Å²) in [4.78, 5) is 0. The average Bonchev–Trinajstić information content (AvgIpc) is 3.53. The second kappa shape index (κ2) is 12.9. The Labute approximate surface area is 295 Å². The molecule has 0 aromatic heterocycles. The Morgan fingerprint density at radius 2 is 1.60 bits per heavy atom. The summed E-state index contributed by atoms with van der Waals surface area (Å²) in [7, 11) is 0. The number of aliphatic hydroxyl groups excluding tert-OH is 6. The van der Waals surface area contributed by atoms with Crippen LogP contribution in [0.15, 0.2) is 11.6 Å². The van der Waals surface area contributed by atoms with Crippen molar-refractivity contribution >= 4 is 0 Å². The molecule has 4 aliphatic carbocycles. The van der Waals surface area contributed by atoms with Crippen LogP contribution >= 0.6 is 0 Å². The molecule has 50 heavy (non-hydrogen) atoms. The molecule has 7 fully saturated rings. The van der Waals surface area contributed by atoms with Gasteiger partial charge in [-0.25, -0.2) is 0 Å². The first-order chi connectivity index (χ1) is 23.7. The van der Waals surface area contributed by atoms with Crippen molar-refractivity contribution in [3.05, 3.63) is 11.6 Å². The molecule has 0 amide bonds. The smallest absolute Gasteiger partial charge is 0.187 e. The quantitative estimate of drug-likeness (QED) is 0.235. The fourth-order valence-electron chi connectivity index (χ4n) is 12.4. The molecule has 0 bridgehead atoms. The van der Waals surface area contributed by atoms with Gasteiger partial charge in [0.15, 0.2) is 18.4 Å². The van der Waals surface area contributed by atoms with E-state index in [0.717, 1.165) is 45.1 Å². The molecule has 3 saturated carbocycles. The van der Waals surface area contributed by atoms with Gasteiger partial charge < -0.3 is 59.1 Å². The van der Waals surface area contributed by atoms with E-state index in [4.69, 9.17) is 28.4 Å². The Morgan fingerprint density at radius 3 is 2.34 bits per heavy atom. The molecule has 6 N–H and O–H groups in total. The van der Waals surface area contributed by atoms with E-state index < -0.39 is 78.7 Å². The molecule has 0 aromatic carbocycles. The maximum absolute atomic E-state index is 11.1. The van der Waals surface area contributed by atoms with Crippen LogP contribution in [0.1, 0.15) is 86.0 Å². The summed E-state index contributed by atoms with van der Waals surface area (Å²) in [6.07, 6.45) is -3.26. The molecule has 1 spiro atoms. The second-order valence-electron chi connectivity index (χ2n) is 17.9. The molecular formula is C38H60O12. The summed E-state index contributed by atoms with van der Waals surface area (Å²) in [5.74, 6) is 2.08. The van der Waals surface area contributed by atoms with Crippen molar-refractivity contribution < 1.29 is 59.1 Å². The summed E-state index contributed by atoms with van der Waals surface area (Å²) < 4.78 is 38.0. The molecule has 4 aliphatic heterocycles. The first kappa shape index (κ1) is 36.2. The second-order valence-corrected chi connectivity index (χ2v) is 17.9. The van der Waals surface area contributed by atoms with Crippen LogP contribution in [0.3, 0.4) is 0 Å². The molecule has 12 nitrogen and oxygen atoms in total. The molecule has 8 aliphatic rings. The number of rotatable bonds is 4. The van der Waals surface area contributed by atoms with Gasteiger partial charge in [0, 0.05) is 24.2 Å². The van der Waals surface area contributed by atoms with Gasteiger partial charge in [0.1, 0.15) is 36.6 Å². The third kappa shape index (κ3) is 5.45. The lowest BCUT2D eigenvalue weighted by Crippen LogP contribution is -2.63. The largest absolute Gasteiger partial charge is 0.393 e. The maximum Gasteiger partial charge on any atom is 0.187 e. The van der Waals surface area contributed by atoms with Crippen LogP contribution in [0.5, 0.6) is 0 Å². The molecule has 4 heterocycles. The highest BCUT2D eigenvalue weighted by molar-refractivity contribution is 5.28. The van der Waals surface area contributed by atoms with Crippen molar-refractivity contribution in [1.82, 2.24) is 0 Å². The van der Waals surface area contributed by atoms with E-state index >= 15 is 0 Å². The minimum atomic E-state index is -1.60. The Bertz CT molecular complexity index is 1290. The van der Waals surface area contributed by atoms with Crippen LogP contribution in [0, 0.1) is 46.3 Å². The van der Waals surface area contributed by atoms with E-state index in [1.54, 1.807) is 6.92 Å². The van der Waals surface area contributed by atoms with Gasteiger partial charge in [-0.3, -0.25) is 0 Å². The van der Waals surface area contributed by atoms with Gasteiger partial charge in [0.05, 0.1) is 37.6 Å². The number of hydrogen-bond donors (Lipinski definition) is 6. The summed E-state index contributed by atoms with van der Waals surface area (Å²) >= 11 is 0. The van der Waals surface area contributed by atoms with Crippen LogP contribution in [0.4, 0.5) is 0 Å². The minimum absolute atomic E-state index is 0.134. The Hall–Kier alpha value is -0.740. The number of aliphatic hydroxyl groups is 6. The fraction of sp³-hybridized carbons (Fsp3) is 0.947. The van der Waals surface area contributed by atoms with E-state index in [1.165, 1.54) is 5.57 Å². The van der Waals surface area contributed by atoms with Crippen LogP contribution in [-0.2, 0) is 28.4 Å². The summed E-state index contributed by atoms with van der Waals surface area (Å²) in [6, 6.07) is 0. The Balaban J connectivity index is 1.04. The molecule has 4 saturated heterocycles. The third-order valence-electron chi connectivity index (χ3n) is 15.2. The number of allylic oxidation sites excluding steroid dienone is 1. The highest BCUT2D eigenvalue weighted by Gasteiger charge is 2.69. The Morgan fingerprint density at radius 1 is 0.820 bits per heavy atom. The molecule has 12 heteroatoms. The fourth-order valence-corrected chi connectivity index (χ4v) is 12.4. The van der Waals surface area contributed by atoms with Crippen molar-refractivity contribution in [2.24, 2.45) is 46.3 Å². The number of hydrogen-bond acceptors (Lipinski definition) is 12. The zero-order valence-corrected chi connectivity index (χ0v) is 30.2. The van der Waals surface area contributed by atoms with Crippen molar-refractivity contribution in [3.63, 3.8) is 0 Å². The van der Waals surface area contributed by atoms with Gasteiger partial charge in [0.2, 0.25) is 0 Å². The standard InChI is InChI=1S/C38H60O12/c1-17-8-11-38(46-15-17)18(2)28-26(50-38)14-24-22-7-6-20-12-21(39)13-27(37(20,5)23(22)9-10-36(24,28)4)48-35-33(30(42)25(40)16-45-35)49-34-32(44)31(43)29(41)19(3)47-34/h6,17-19,21-35,39-44H,7-16H2,1-5H3/t17-,18+,19-,21-,22-,23-,24-,25+,26-,27-,28+,29+,30+,31+,32+,33+,34+,35+,36+,37+,38-/m1/s1. The average molecular weight is 709 g/mol. The summed E-state index contributed by atoms with van der Waals surface area (Å²) in [5.41, 5.74) is 0.917. The van der Waals surface area contributed by atoms with Gasteiger partial charge in [-0.05, 0) is 80.5 Å². The van der Waals surface area contributed by atoms with Crippen LogP contribution in [0.25, 0.3) is 0 Å². The van der Waals surface area contributed by atoms with Crippen molar-refractivity contribution in [2.75, 3.05) is 13.2 Å². The third-order valence-corrected chi connectivity index (χ3v) is 15.2. The topological polar surface area (TPSA) is 177 Å². The van der Waals surface area contributed by atoms with Crippen molar-refractivity contribution in [1.29, 1.82) is 0 Å². The lowest BCUT2D eigenvalue weighted by molar-refractivity contribution is -0.362. The highest BCUT2D eigenvalue weighted by Crippen LogP contribution is 2.71. The Kier molecular flexibility index (Phi) is 9.38. The highest BCUT2D eigenvalue weighted by atomic mass is 16.8. The van der Waals surface area contributed by atoms with E-state index in [-0.39, 0.29) is 18.1 Å². The number of ether oxygens (including phenoxy) is 6. The van der Waals surface area contributed by atoms with Gasteiger partial charge in [-0.15, -0.1) is 0 Å². The summed E-state index contributed by atoms with van der Waals surface area (Å²) in [5, 5.41) is 64.1. The van der Waals surface area contributed by atoms with E-state index in [9.17, 15) is 30.6 Å². The molecule has 0 unspecified atom stereocenters. The van der Waals surface area contributed by atoms with Crippen molar-refractivity contribution in [2.45, 2.75) is 165 Å². The van der Waals surface area contributed by atoms with Gasteiger partial charge in [-0.1, -0.05) is 39.3 Å². The first-order valence-electron chi connectivity index (χ1n) is 19.4. The number of fused-ring (bicyclic) bond motifs is 7. The molecular weight excluding hydrogens is 648 g/mol. The van der Waals surface area contributed by atoms with Gasteiger partial charge in [0.25, 0.3) is 0 Å². The van der Waals surface area contributed by atoms with Crippen molar-refractivity contribution in [3.8, 4) is 0 Å². The van der Waals surface area contributed by atoms with Crippen LogP contribution in [0.2, 0.25) is 0 Å². The van der Waals surface area contributed by atoms with Crippen LogP contribution in [-0.4, -0.2) is 123 Å². The molecule has 8 rings (SSSR count). The molecule has 284 valence electrons. The molecule has 21 atom stereocenters. The minimum Gasteiger partial charge on any atom is -0.393 e. The first-order valence-corrected chi connectivity index (χ1v) is 19.4. The maximum atomic E-state index is 11.1. The van der Waals surface area contributed by atoms with E-state index in [0.29, 0.717) is 48.3 Å². The van der Waals surface area contributed by atoms with Gasteiger partial charge >= 0.3 is 0 Å². The summed E-state index contributed by atoms with van der Waals surface area (Å²) in [6.45, 7) is 11.5. The SMILES string of the molecule is C[C@@H]1CC[C@@]2(OC1)O[C@@H]1C[C@@H]3[C@@H]4CC=C5C[C@@H](O)C[C@@H](O[C@@H]6OC[C@H](O)[C@H](O)[C@@H]6O[C@@H]6O[C@H](C)[C@H](O)[C@H](O)[C@@H]6O)[C@]5(C)[C@@H]4CC[C@]3(C)[C@H]1[C@@H]2C. The van der Waals surface area contributed by atoms with Gasteiger partial charge in [-0.2, -0.15) is 0 Å². The van der Waals surface area contributed by atoms with E-state index in [1.807, 2.05) is 0 Å².